The predicted octanol–water partition coefficient (Wildman–Crippen LogP) is 2.05. The van der Waals surface area contributed by atoms with Crippen molar-refractivity contribution in [1.29, 1.82) is 0 Å². The number of carbonyl (C=O) groups excluding carboxylic acids is 1. The van der Waals surface area contributed by atoms with E-state index in [0.717, 1.165) is 0 Å². The maximum atomic E-state index is 11.7. The quantitative estimate of drug-likeness (QED) is 0.220. The van der Waals surface area contributed by atoms with Crippen LogP contribution in [0.2, 0.25) is 0 Å². The van der Waals surface area contributed by atoms with E-state index in [9.17, 15) is 4.79 Å². The monoisotopic (exact) mass is 445 g/mol. The van der Waals surface area contributed by atoms with Gasteiger partial charge in [-0.3, -0.25) is 14.8 Å². The first-order chi connectivity index (χ1) is 15.1. The molecule has 3 rings (SSSR count). The first-order valence-corrected chi connectivity index (χ1v) is 10.1. The maximum absolute atomic E-state index is 11.7. The Kier molecular flexibility index (Phi) is 7.21. The number of aromatic nitrogens is 3. The van der Waals surface area contributed by atoms with Crippen molar-refractivity contribution in [2.24, 2.45) is 5.84 Å². The normalized spacial score (nSPS) is 10.5. The van der Waals surface area contributed by atoms with Gasteiger partial charge in [0.15, 0.2) is 22.5 Å². The number of ether oxygens (including phenoxy) is 4. The zero-order chi connectivity index (χ0) is 22.4. The molecule has 0 radical (unpaired) electrons. The van der Waals surface area contributed by atoms with Crippen molar-refractivity contribution in [1.82, 2.24) is 20.2 Å². The van der Waals surface area contributed by atoms with E-state index < -0.39 is 0 Å². The number of rotatable bonds is 9. The molecule has 0 aliphatic carbocycles. The van der Waals surface area contributed by atoms with Gasteiger partial charge >= 0.3 is 0 Å². The Morgan fingerprint density at radius 2 is 1.65 bits per heavy atom. The second kappa shape index (κ2) is 10.0. The average Bonchev–Trinajstić information content (AvgIpc) is 3.24. The highest BCUT2D eigenvalue weighted by atomic mass is 32.2. The lowest BCUT2D eigenvalue weighted by Gasteiger charge is -2.16. The summed E-state index contributed by atoms with van der Waals surface area (Å²) in [7, 11) is 6.20. The van der Waals surface area contributed by atoms with Crippen LogP contribution in [0.3, 0.4) is 0 Å². The molecule has 0 unspecified atom stereocenters. The molecule has 164 valence electrons. The van der Waals surface area contributed by atoms with Crippen LogP contribution >= 0.6 is 11.8 Å². The molecular weight excluding hydrogens is 422 g/mol. The molecule has 0 atom stereocenters. The van der Waals surface area contributed by atoms with Gasteiger partial charge in [0.05, 0.1) is 39.9 Å². The van der Waals surface area contributed by atoms with Crippen LogP contribution in [-0.2, 0) is 4.79 Å². The van der Waals surface area contributed by atoms with Gasteiger partial charge in [-0.1, -0.05) is 23.9 Å². The summed E-state index contributed by atoms with van der Waals surface area (Å²) >= 11 is 1.19. The largest absolute Gasteiger partial charge is 0.495 e. The number of nitrogens with one attached hydrogen (secondary N) is 1. The van der Waals surface area contributed by atoms with E-state index in [2.05, 4.69) is 15.6 Å². The van der Waals surface area contributed by atoms with Crippen molar-refractivity contribution in [2.75, 3.05) is 34.2 Å². The van der Waals surface area contributed by atoms with E-state index in [0.29, 0.717) is 45.2 Å². The Bertz CT molecular complexity index is 1050. The lowest BCUT2D eigenvalue weighted by molar-refractivity contribution is -0.118. The predicted molar refractivity (Wildman–Crippen MR) is 116 cm³/mol. The molecule has 1 aromatic heterocycles. The van der Waals surface area contributed by atoms with E-state index in [-0.39, 0.29) is 11.7 Å². The third kappa shape index (κ3) is 4.52. The van der Waals surface area contributed by atoms with Crippen molar-refractivity contribution in [3.8, 4) is 40.1 Å². The van der Waals surface area contributed by atoms with E-state index >= 15 is 0 Å². The van der Waals surface area contributed by atoms with Crippen molar-refractivity contribution >= 4 is 17.7 Å². The fourth-order valence-electron chi connectivity index (χ4n) is 2.96. The Morgan fingerprint density at radius 3 is 2.23 bits per heavy atom. The summed E-state index contributed by atoms with van der Waals surface area (Å²) in [5.74, 6) is 7.46. The smallest absolute Gasteiger partial charge is 0.244 e. The van der Waals surface area contributed by atoms with Gasteiger partial charge in [0.25, 0.3) is 0 Å². The first-order valence-electron chi connectivity index (χ1n) is 9.09. The summed E-state index contributed by atoms with van der Waals surface area (Å²) in [5, 5.41) is 9.14. The second-order valence-electron chi connectivity index (χ2n) is 6.08. The molecule has 10 nitrogen and oxygen atoms in total. The highest BCUT2D eigenvalue weighted by Gasteiger charge is 2.22. The number of hydrazine groups is 1. The van der Waals surface area contributed by atoms with E-state index in [1.165, 1.54) is 18.9 Å². The van der Waals surface area contributed by atoms with Gasteiger partial charge in [-0.15, -0.1) is 10.2 Å². The first kappa shape index (κ1) is 22.2. The van der Waals surface area contributed by atoms with Crippen LogP contribution < -0.4 is 30.2 Å². The van der Waals surface area contributed by atoms with Gasteiger partial charge < -0.3 is 18.9 Å². The molecule has 31 heavy (non-hydrogen) atoms. The number of carbonyl (C=O) groups is 1. The number of hydrogen-bond acceptors (Lipinski definition) is 9. The van der Waals surface area contributed by atoms with Crippen molar-refractivity contribution < 1.29 is 23.7 Å². The molecule has 0 aliphatic rings. The molecule has 0 saturated heterocycles. The van der Waals surface area contributed by atoms with Gasteiger partial charge in [-0.05, 0) is 24.3 Å². The van der Waals surface area contributed by atoms with Gasteiger partial charge in [-0.25, -0.2) is 5.84 Å². The number of hydrogen-bond donors (Lipinski definition) is 2. The maximum Gasteiger partial charge on any atom is 0.244 e. The summed E-state index contributed by atoms with van der Waals surface area (Å²) < 4.78 is 23.7. The topological polar surface area (TPSA) is 123 Å². The van der Waals surface area contributed by atoms with Crippen molar-refractivity contribution in [3.05, 3.63) is 36.4 Å². The number of thioether (sulfide) groups is 1. The Morgan fingerprint density at radius 1 is 1.00 bits per heavy atom. The fraction of sp³-hybridized carbons (Fsp3) is 0.250. The third-order valence-electron chi connectivity index (χ3n) is 4.38. The van der Waals surface area contributed by atoms with E-state index in [1.54, 1.807) is 38.0 Å². The Balaban J connectivity index is 2.21. The van der Waals surface area contributed by atoms with Crippen LogP contribution in [0.4, 0.5) is 0 Å². The van der Waals surface area contributed by atoms with Crippen LogP contribution in [0, 0.1) is 0 Å². The summed E-state index contributed by atoms with van der Waals surface area (Å²) in [6.45, 7) is 0. The van der Waals surface area contributed by atoms with Crippen molar-refractivity contribution in [3.63, 3.8) is 0 Å². The number of nitrogens with zero attached hydrogens (tertiary/aromatic N) is 3. The molecule has 1 amide bonds. The zero-order valence-electron chi connectivity index (χ0n) is 17.5. The number of para-hydroxylation sites is 2. The minimum Gasteiger partial charge on any atom is -0.495 e. The van der Waals surface area contributed by atoms with Crippen LogP contribution in [0.1, 0.15) is 0 Å². The average molecular weight is 446 g/mol. The molecule has 1 heterocycles. The minimum atomic E-state index is -0.339. The van der Waals surface area contributed by atoms with Gasteiger partial charge in [0, 0.05) is 5.56 Å². The minimum absolute atomic E-state index is 0.0685. The Hall–Kier alpha value is -3.44. The highest BCUT2D eigenvalue weighted by molar-refractivity contribution is 7.99. The molecule has 0 bridgehead atoms. The number of amides is 1. The van der Waals surface area contributed by atoms with Crippen molar-refractivity contribution in [2.45, 2.75) is 5.16 Å². The third-order valence-corrected chi connectivity index (χ3v) is 5.30. The standard InChI is InChI=1S/C20H23N5O5S/c1-27-14-8-6-5-7-13(14)25-19(23-24-20(25)31-11-17(26)22-21)12-9-15(28-2)18(30-4)16(10-12)29-3/h5-10H,11,21H2,1-4H3,(H,22,26). The fourth-order valence-corrected chi connectivity index (χ4v) is 3.72. The molecule has 11 heteroatoms. The second-order valence-corrected chi connectivity index (χ2v) is 7.03. The number of benzene rings is 2. The summed E-state index contributed by atoms with van der Waals surface area (Å²) in [4.78, 5) is 11.7. The van der Waals surface area contributed by atoms with Gasteiger partial charge in [0.1, 0.15) is 5.75 Å². The zero-order valence-corrected chi connectivity index (χ0v) is 18.4. The Labute approximate surface area is 183 Å². The number of nitrogens with two attached hydrogens (primary N) is 1. The lowest BCUT2D eigenvalue weighted by Crippen LogP contribution is -2.31. The molecule has 2 aromatic carbocycles. The van der Waals surface area contributed by atoms with Gasteiger partial charge in [-0.2, -0.15) is 0 Å². The van der Waals surface area contributed by atoms with Crippen LogP contribution in [0.5, 0.6) is 23.0 Å². The van der Waals surface area contributed by atoms with Gasteiger partial charge in [0.2, 0.25) is 11.7 Å². The molecule has 0 spiro atoms. The highest BCUT2D eigenvalue weighted by Crippen LogP contribution is 2.42. The SMILES string of the molecule is COc1ccccc1-n1c(SCC(=O)NN)nnc1-c1cc(OC)c(OC)c(OC)c1. The number of methoxy groups -OCH3 is 4. The van der Waals surface area contributed by atoms with E-state index in [1.807, 2.05) is 24.3 Å². The van der Waals surface area contributed by atoms with Crippen LogP contribution in [0.25, 0.3) is 17.1 Å². The van der Waals surface area contributed by atoms with E-state index in [4.69, 9.17) is 24.8 Å². The lowest BCUT2D eigenvalue weighted by atomic mass is 10.1. The molecule has 3 N–H and O–H groups in total. The van der Waals surface area contributed by atoms with Crippen LogP contribution in [-0.4, -0.2) is 54.9 Å². The molecule has 3 aromatic rings. The molecule has 0 saturated carbocycles. The molecule has 0 aliphatic heterocycles. The summed E-state index contributed by atoms with van der Waals surface area (Å²) in [6.07, 6.45) is 0. The summed E-state index contributed by atoms with van der Waals surface area (Å²) in [6, 6.07) is 11.0. The molecule has 0 fully saturated rings. The van der Waals surface area contributed by atoms with Crippen LogP contribution in [0.15, 0.2) is 41.6 Å². The molecular formula is C20H23N5O5S. The summed E-state index contributed by atoms with van der Waals surface area (Å²) in [5.41, 5.74) is 3.48.